The Labute approximate surface area is 200 Å². The van der Waals surface area contributed by atoms with E-state index in [4.69, 9.17) is 11.6 Å². The molecule has 0 aliphatic heterocycles. The number of hydrogen-bond acceptors (Lipinski definition) is 8. The van der Waals surface area contributed by atoms with Crippen LogP contribution in [0.2, 0.25) is 5.02 Å². The Morgan fingerprint density at radius 3 is 2.70 bits per heavy atom. The van der Waals surface area contributed by atoms with E-state index in [0.717, 1.165) is 23.8 Å². The lowest BCUT2D eigenvalue weighted by Crippen LogP contribution is -2.27. The maximum Gasteiger partial charge on any atom is 0.288 e. The molecule has 176 valence electrons. The Hall–Kier alpha value is -2.92. The molecular weight excluding hydrogens is 466 g/mol. The van der Waals surface area contributed by atoms with Crippen molar-refractivity contribution in [1.29, 1.82) is 0 Å². The Balaban J connectivity index is 1.76. The van der Waals surface area contributed by atoms with Crippen LogP contribution in [0.15, 0.2) is 29.6 Å². The molecule has 0 aliphatic carbocycles. The van der Waals surface area contributed by atoms with Crippen LogP contribution >= 0.6 is 23.4 Å². The summed E-state index contributed by atoms with van der Waals surface area (Å²) in [5.41, 5.74) is 0.529. The molecular formula is C21H26ClN7O3S. The first-order valence-corrected chi connectivity index (χ1v) is 11.8. The van der Waals surface area contributed by atoms with Crippen LogP contribution in [0.4, 0.5) is 11.5 Å². The summed E-state index contributed by atoms with van der Waals surface area (Å²) < 4.78 is 1.71. The highest BCUT2D eigenvalue weighted by molar-refractivity contribution is 7.99. The zero-order valence-electron chi connectivity index (χ0n) is 18.8. The van der Waals surface area contributed by atoms with Crippen LogP contribution in [-0.4, -0.2) is 48.9 Å². The molecule has 0 bridgehead atoms. The van der Waals surface area contributed by atoms with E-state index in [-0.39, 0.29) is 22.8 Å². The van der Waals surface area contributed by atoms with Crippen LogP contribution in [0.3, 0.4) is 0 Å². The van der Waals surface area contributed by atoms with Crippen molar-refractivity contribution in [1.82, 2.24) is 25.1 Å². The molecule has 0 unspecified atom stereocenters. The summed E-state index contributed by atoms with van der Waals surface area (Å²) >= 11 is 7.38. The molecule has 0 radical (unpaired) electrons. The standard InChI is InChI=1S/C21H26ClN7O3S/c1-12(2)10-24-18-15-11-25-28(19(15)27-21(26-18)33-13(3)4)8-7-23-20(30)14-5-6-16(22)17(9-14)29(31)32/h5-6,9,11-13H,7-8,10H2,1-4H3,(H,23,30)(H,24,26,27). The highest BCUT2D eigenvalue weighted by atomic mass is 35.5. The Morgan fingerprint density at radius 1 is 1.27 bits per heavy atom. The Kier molecular flexibility index (Phi) is 8.09. The Bertz CT molecular complexity index is 1170. The molecule has 0 saturated heterocycles. The minimum absolute atomic E-state index is 0.0174. The molecule has 0 fully saturated rings. The van der Waals surface area contributed by atoms with E-state index in [1.54, 1.807) is 22.6 Å². The molecule has 1 aromatic carbocycles. The van der Waals surface area contributed by atoms with Gasteiger partial charge in [-0.15, -0.1) is 0 Å². The molecule has 0 saturated carbocycles. The maximum atomic E-state index is 12.5. The van der Waals surface area contributed by atoms with Gasteiger partial charge in [-0.2, -0.15) is 5.10 Å². The number of hydrogen-bond donors (Lipinski definition) is 2. The minimum atomic E-state index is -0.619. The van der Waals surface area contributed by atoms with Crippen LogP contribution in [0.25, 0.3) is 11.0 Å². The molecule has 10 nitrogen and oxygen atoms in total. The number of aromatic nitrogens is 4. The normalized spacial score (nSPS) is 11.4. The molecule has 0 aliphatic rings. The number of carbonyl (C=O) groups excluding carboxylic acids is 1. The highest BCUT2D eigenvalue weighted by Crippen LogP contribution is 2.27. The van der Waals surface area contributed by atoms with Crippen molar-refractivity contribution in [3.63, 3.8) is 0 Å². The van der Waals surface area contributed by atoms with Gasteiger partial charge >= 0.3 is 0 Å². The zero-order chi connectivity index (χ0) is 24.1. The van der Waals surface area contributed by atoms with E-state index in [0.29, 0.717) is 28.5 Å². The molecule has 2 aromatic heterocycles. The number of carbonyl (C=O) groups is 1. The molecule has 33 heavy (non-hydrogen) atoms. The molecule has 2 N–H and O–H groups in total. The number of anilines is 1. The topological polar surface area (TPSA) is 128 Å². The van der Waals surface area contributed by atoms with Crippen LogP contribution in [0.1, 0.15) is 38.1 Å². The number of benzene rings is 1. The molecule has 12 heteroatoms. The molecule has 3 rings (SSSR count). The minimum Gasteiger partial charge on any atom is -0.369 e. The number of nitro groups is 1. The third-order valence-corrected chi connectivity index (χ3v) is 5.69. The van der Waals surface area contributed by atoms with E-state index in [1.165, 1.54) is 12.1 Å². The number of nitrogens with zero attached hydrogens (tertiary/aromatic N) is 5. The van der Waals surface area contributed by atoms with Gasteiger partial charge in [0.05, 0.1) is 23.1 Å². The van der Waals surface area contributed by atoms with Crippen LogP contribution in [0, 0.1) is 16.0 Å². The quantitative estimate of drug-likeness (QED) is 0.185. The molecule has 0 atom stereocenters. The number of amides is 1. The highest BCUT2D eigenvalue weighted by Gasteiger charge is 2.17. The second-order valence-corrected chi connectivity index (χ2v) is 10.0. The zero-order valence-corrected chi connectivity index (χ0v) is 20.4. The van der Waals surface area contributed by atoms with Gasteiger partial charge in [-0.05, 0) is 18.1 Å². The van der Waals surface area contributed by atoms with Gasteiger partial charge in [0, 0.05) is 30.0 Å². The summed E-state index contributed by atoms with van der Waals surface area (Å²) in [5, 5.41) is 23.4. The van der Waals surface area contributed by atoms with Crippen molar-refractivity contribution in [3.05, 3.63) is 45.1 Å². The molecule has 3 aromatic rings. The van der Waals surface area contributed by atoms with E-state index >= 15 is 0 Å². The summed E-state index contributed by atoms with van der Waals surface area (Å²) in [6, 6.07) is 3.95. The fourth-order valence-corrected chi connectivity index (χ4v) is 3.86. The lowest BCUT2D eigenvalue weighted by Gasteiger charge is -2.12. The summed E-state index contributed by atoms with van der Waals surface area (Å²) in [6.45, 7) is 9.80. The van der Waals surface area contributed by atoms with Crippen molar-refractivity contribution in [2.45, 2.75) is 44.6 Å². The number of nitrogens with one attached hydrogen (secondary N) is 2. The first-order chi connectivity index (χ1) is 15.7. The van der Waals surface area contributed by atoms with Crippen LogP contribution in [0.5, 0.6) is 0 Å². The second-order valence-electron chi connectivity index (χ2n) is 8.08. The van der Waals surface area contributed by atoms with Crippen LogP contribution < -0.4 is 10.6 Å². The first-order valence-electron chi connectivity index (χ1n) is 10.5. The number of rotatable bonds is 10. The fourth-order valence-electron chi connectivity index (χ4n) is 2.97. The van der Waals surface area contributed by atoms with E-state index in [9.17, 15) is 14.9 Å². The number of nitro benzene ring substituents is 1. The summed E-state index contributed by atoms with van der Waals surface area (Å²) in [5.74, 6) is 0.752. The van der Waals surface area contributed by atoms with Gasteiger partial charge in [0.15, 0.2) is 10.8 Å². The molecule has 2 heterocycles. The Morgan fingerprint density at radius 2 is 2.03 bits per heavy atom. The predicted octanol–water partition coefficient (Wildman–Crippen LogP) is 4.39. The van der Waals surface area contributed by atoms with E-state index < -0.39 is 10.8 Å². The van der Waals surface area contributed by atoms with Crippen molar-refractivity contribution in [3.8, 4) is 0 Å². The second kappa shape index (κ2) is 10.8. The lowest BCUT2D eigenvalue weighted by molar-refractivity contribution is -0.384. The average Bonchev–Trinajstić information content (AvgIpc) is 3.14. The summed E-state index contributed by atoms with van der Waals surface area (Å²) in [4.78, 5) is 32.2. The predicted molar refractivity (Wildman–Crippen MR) is 130 cm³/mol. The number of halogens is 1. The van der Waals surface area contributed by atoms with Crippen molar-refractivity contribution >= 4 is 51.8 Å². The number of thioether (sulfide) groups is 1. The van der Waals surface area contributed by atoms with Crippen molar-refractivity contribution in [2.75, 3.05) is 18.4 Å². The third-order valence-electron chi connectivity index (χ3n) is 4.51. The SMILES string of the molecule is CC(C)CNc1nc(SC(C)C)nc2c1cnn2CCNC(=O)c1ccc(Cl)c([N+](=O)[O-])c1. The van der Waals surface area contributed by atoms with Crippen LogP contribution in [-0.2, 0) is 6.54 Å². The first kappa shape index (κ1) is 24.7. The molecule has 1 amide bonds. The van der Waals surface area contributed by atoms with Gasteiger partial charge in [-0.25, -0.2) is 14.6 Å². The van der Waals surface area contributed by atoms with Gasteiger partial charge in [-0.3, -0.25) is 14.9 Å². The monoisotopic (exact) mass is 491 g/mol. The van der Waals surface area contributed by atoms with Gasteiger partial charge in [0.25, 0.3) is 11.6 Å². The van der Waals surface area contributed by atoms with E-state index in [1.807, 2.05) is 0 Å². The third kappa shape index (κ3) is 6.32. The smallest absolute Gasteiger partial charge is 0.288 e. The van der Waals surface area contributed by atoms with Gasteiger partial charge in [0.1, 0.15) is 10.8 Å². The fraction of sp³-hybridized carbons (Fsp3) is 0.429. The van der Waals surface area contributed by atoms with Gasteiger partial charge < -0.3 is 10.6 Å². The average molecular weight is 492 g/mol. The van der Waals surface area contributed by atoms with Crippen molar-refractivity contribution in [2.24, 2.45) is 5.92 Å². The van der Waals surface area contributed by atoms with Gasteiger partial charge in [-0.1, -0.05) is 51.1 Å². The maximum absolute atomic E-state index is 12.5. The summed E-state index contributed by atoms with van der Waals surface area (Å²) in [7, 11) is 0. The van der Waals surface area contributed by atoms with Crippen molar-refractivity contribution < 1.29 is 9.72 Å². The molecule has 0 spiro atoms. The van der Waals surface area contributed by atoms with Gasteiger partial charge in [0.2, 0.25) is 0 Å². The summed E-state index contributed by atoms with van der Waals surface area (Å²) in [6.07, 6.45) is 1.71. The lowest BCUT2D eigenvalue weighted by atomic mass is 10.2. The largest absolute Gasteiger partial charge is 0.369 e. The van der Waals surface area contributed by atoms with E-state index in [2.05, 4.69) is 53.4 Å². The number of fused-ring (bicyclic) bond motifs is 1.